The fraction of sp³-hybridized carbons (Fsp3) is 0.533. The molecule has 0 aliphatic heterocycles. The molecular weight excluding hydrogens is 224 g/mol. The molecule has 0 saturated heterocycles. The van der Waals surface area contributed by atoms with Crippen LogP contribution in [0.3, 0.4) is 0 Å². The summed E-state index contributed by atoms with van der Waals surface area (Å²) in [5.41, 5.74) is 3.89. The second kappa shape index (κ2) is 6.01. The number of carbonyl (C=O) groups is 1. The van der Waals surface area contributed by atoms with Gasteiger partial charge in [-0.25, -0.2) is 0 Å². The zero-order chi connectivity index (χ0) is 13.0. The average molecular weight is 246 g/mol. The Kier molecular flexibility index (Phi) is 4.37. The van der Waals surface area contributed by atoms with E-state index in [4.69, 9.17) is 0 Å². The van der Waals surface area contributed by atoms with Gasteiger partial charge in [-0.2, -0.15) is 0 Å². The number of aryl methyl sites for hydroxylation is 2. The van der Waals surface area contributed by atoms with Crippen molar-refractivity contribution in [3.63, 3.8) is 0 Å². The first-order valence-electron chi connectivity index (χ1n) is 6.81. The molecule has 0 atom stereocenters. The van der Waals surface area contributed by atoms with E-state index >= 15 is 0 Å². The fourth-order valence-electron chi connectivity index (χ4n) is 2.42. The van der Waals surface area contributed by atoms with Gasteiger partial charge in [-0.15, -0.1) is 0 Å². The molecule has 18 heavy (non-hydrogen) atoms. The van der Waals surface area contributed by atoms with Gasteiger partial charge in [0.05, 0.1) is 6.54 Å². The number of nitrogens with one attached hydrogen (secondary N) is 1. The average Bonchev–Trinajstić information content (AvgIpc) is 2.43. The predicted octanol–water partition coefficient (Wildman–Crippen LogP) is 2.14. The van der Waals surface area contributed by atoms with Crippen LogP contribution in [0.2, 0.25) is 0 Å². The topological polar surface area (TPSA) is 32.3 Å². The summed E-state index contributed by atoms with van der Waals surface area (Å²) in [5, 5.41) is 3.07. The van der Waals surface area contributed by atoms with Crippen LogP contribution in [0.5, 0.6) is 0 Å². The molecule has 1 amide bonds. The first-order chi connectivity index (χ1) is 8.72. The number of hydrogen-bond acceptors (Lipinski definition) is 2. The van der Waals surface area contributed by atoms with Gasteiger partial charge in [0, 0.05) is 12.7 Å². The van der Waals surface area contributed by atoms with Gasteiger partial charge < -0.3 is 10.2 Å². The third kappa shape index (κ3) is 2.91. The highest BCUT2D eigenvalue weighted by Gasteiger charge is 2.14. The monoisotopic (exact) mass is 246 g/mol. The summed E-state index contributed by atoms with van der Waals surface area (Å²) >= 11 is 0. The summed E-state index contributed by atoms with van der Waals surface area (Å²) in [6, 6.07) is 6.42. The van der Waals surface area contributed by atoms with Crippen molar-refractivity contribution in [1.29, 1.82) is 0 Å². The standard InChI is InChI=1S/C15H22N2O/c1-3-16-11-15(18)17(2)14-9-8-12-6-4-5-7-13(12)10-14/h8-10,16H,3-7,11H2,1-2H3. The van der Waals surface area contributed by atoms with E-state index in [2.05, 4.69) is 23.5 Å². The summed E-state index contributed by atoms with van der Waals surface area (Å²) in [6.45, 7) is 3.24. The van der Waals surface area contributed by atoms with Crippen molar-refractivity contribution in [3.05, 3.63) is 29.3 Å². The molecule has 0 fully saturated rings. The summed E-state index contributed by atoms with van der Waals surface area (Å²) in [7, 11) is 1.85. The van der Waals surface area contributed by atoms with Crippen LogP contribution in [0.4, 0.5) is 5.69 Å². The molecule has 0 saturated carbocycles. The number of likely N-dealkylation sites (N-methyl/N-ethyl adjacent to an activating group) is 2. The molecule has 0 heterocycles. The van der Waals surface area contributed by atoms with Crippen molar-refractivity contribution >= 4 is 11.6 Å². The lowest BCUT2D eigenvalue weighted by atomic mass is 9.91. The molecule has 1 N–H and O–H groups in total. The number of hydrogen-bond donors (Lipinski definition) is 1. The Bertz CT molecular complexity index is 429. The van der Waals surface area contributed by atoms with Gasteiger partial charge in [-0.05, 0) is 55.5 Å². The second-order valence-electron chi connectivity index (χ2n) is 4.89. The summed E-state index contributed by atoms with van der Waals surface area (Å²) in [5.74, 6) is 0.118. The van der Waals surface area contributed by atoms with Crippen LogP contribution in [0.25, 0.3) is 0 Å². The van der Waals surface area contributed by atoms with Gasteiger partial charge in [-0.3, -0.25) is 4.79 Å². The van der Waals surface area contributed by atoms with Crippen molar-refractivity contribution in [2.75, 3.05) is 25.0 Å². The second-order valence-corrected chi connectivity index (χ2v) is 4.89. The minimum atomic E-state index is 0.118. The Hall–Kier alpha value is -1.35. The Morgan fingerprint density at radius 2 is 2.00 bits per heavy atom. The zero-order valence-electron chi connectivity index (χ0n) is 11.3. The molecule has 0 unspecified atom stereocenters. The van der Waals surface area contributed by atoms with Crippen molar-refractivity contribution in [3.8, 4) is 0 Å². The van der Waals surface area contributed by atoms with Crippen molar-refractivity contribution in [2.24, 2.45) is 0 Å². The summed E-state index contributed by atoms with van der Waals surface area (Å²) < 4.78 is 0. The van der Waals surface area contributed by atoms with Crippen LogP contribution in [-0.4, -0.2) is 26.0 Å². The maximum Gasteiger partial charge on any atom is 0.240 e. The number of nitrogens with zero attached hydrogens (tertiary/aromatic N) is 1. The van der Waals surface area contributed by atoms with E-state index in [1.165, 1.54) is 30.4 Å². The molecule has 3 nitrogen and oxygen atoms in total. The number of fused-ring (bicyclic) bond motifs is 1. The SMILES string of the molecule is CCNCC(=O)N(C)c1ccc2c(c1)CCCC2. The first kappa shape index (κ1) is 13.1. The number of carbonyl (C=O) groups excluding carboxylic acids is 1. The Morgan fingerprint density at radius 1 is 1.28 bits per heavy atom. The molecule has 1 aliphatic carbocycles. The highest BCUT2D eigenvalue weighted by molar-refractivity contribution is 5.94. The fourth-order valence-corrected chi connectivity index (χ4v) is 2.42. The third-order valence-corrected chi connectivity index (χ3v) is 3.62. The van der Waals surface area contributed by atoms with E-state index in [1.54, 1.807) is 4.90 Å². The minimum Gasteiger partial charge on any atom is -0.314 e. The van der Waals surface area contributed by atoms with Crippen LogP contribution >= 0.6 is 0 Å². The smallest absolute Gasteiger partial charge is 0.240 e. The van der Waals surface area contributed by atoms with E-state index in [0.717, 1.165) is 18.7 Å². The molecule has 3 heteroatoms. The predicted molar refractivity (Wildman–Crippen MR) is 75.0 cm³/mol. The number of anilines is 1. The van der Waals surface area contributed by atoms with Crippen LogP contribution in [-0.2, 0) is 17.6 Å². The Morgan fingerprint density at radius 3 is 2.72 bits per heavy atom. The molecule has 1 aliphatic rings. The number of rotatable bonds is 4. The van der Waals surface area contributed by atoms with E-state index in [0.29, 0.717) is 6.54 Å². The zero-order valence-corrected chi connectivity index (χ0v) is 11.3. The summed E-state index contributed by atoms with van der Waals surface area (Å²) in [6.07, 6.45) is 4.90. The molecule has 0 aromatic heterocycles. The molecular formula is C15H22N2O. The molecule has 98 valence electrons. The minimum absolute atomic E-state index is 0.118. The maximum atomic E-state index is 11.9. The maximum absolute atomic E-state index is 11.9. The number of amides is 1. The highest BCUT2D eigenvalue weighted by atomic mass is 16.2. The lowest BCUT2D eigenvalue weighted by Gasteiger charge is -2.21. The quantitative estimate of drug-likeness (QED) is 0.882. The van der Waals surface area contributed by atoms with E-state index in [9.17, 15) is 4.79 Å². The van der Waals surface area contributed by atoms with E-state index in [1.807, 2.05) is 14.0 Å². The van der Waals surface area contributed by atoms with Crippen molar-refractivity contribution in [1.82, 2.24) is 5.32 Å². The summed E-state index contributed by atoms with van der Waals surface area (Å²) in [4.78, 5) is 13.7. The molecule has 0 spiro atoms. The van der Waals surface area contributed by atoms with E-state index in [-0.39, 0.29) is 5.91 Å². The number of benzene rings is 1. The molecule has 1 aromatic rings. The van der Waals surface area contributed by atoms with Gasteiger partial charge in [0.25, 0.3) is 0 Å². The molecule has 0 bridgehead atoms. The van der Waals surface area contributed by atoms with Gasteiger partial charge in [0.1, 0.15) is 0 Å². The van der Waals surface area contributed by atoms with Crippen LogP contribution in [0.15, 0.2) is 18.2 Å². The van der Waals surface area contributed by atoms with Gasteiger partial charge in [-0.1, -0.05) is 13.0 Å². The lowest BCUT2D eigenvalue weighted by molar-refractivity contribution is -0.117. The normalized spacial score (nSPS) is 14.1. The highest BCUT2D eigenvalue weighted by Crippen LogP contribution is 2.25. The van der Waals surface area contributed by atoms with Crippen LogP contribution in [0, 0.1) is 0 Å². The Labute approximate surface area is 109 Å². The largest absolute Gasteiger partial charge is 0.314 e. The third-order valence-electron chi connectivity index (χ3n) is 3.62. The molecule has 1 aromatic carbocycles. The van der Waals surface area contributed by atoms with Crippen molar-refractivity contribution in [2.45, 2.75) is 32.6 Å². The van der Waals surface area contributed by atoms with Crippen molar-refractivity contribution < 1.29 is 4.79 Å². The van der Waals surface area contributed by atoms with E-state index < -0.39 is 0 Å². The Balaban J connectivity index is 2.10. The van der Waals surface area contributed by atoms with Gasteiger partial charge >= 0.3 is 0 Å². The van der Waals surface area contributed by atoms with Crippen LogP contribution < -0.4 is 10.2 Å². The van der Waals surface area contributed by atoms with Gasteiger partial charge in [0.15, 0.2) is 0 Å². The van der Waals surface area contributed by atoms with Gasteiger partial charge in [0.2, 0.25) is 5.91 Å². The molecule has 0 radical (unpaired) electrons. The van der Waals surface area contributed by atoms with Crippen LogP contribution in [0.1, 0.15) is 30.9 Å². The first-order valence-corrected chi connectivity index (χ1v) is 6.81. The molecule has 2 rings (SSSR count). The lowest BCUT2D eigenvalue weighted by Crippen LogP contribution is -2.35.